The number of ether oxygens (including phenoxy) is 2. The minimum Gasteiger partial charge on any atom is -0.471 e. The van der Waals surface area contributed by atoms with Crippen molar-refractivity contribution in [1.82, 2.24) is 14.9 Å². The van der Waals surface area contributed by atoms with Gasteiger partial charge in [0, 0.05) is 25.4 Å². The summed E-state index contributed by atoms with van der Waals surface area (Å²) in [5.41, 5.74) is 2.20. The monoisotopic (exact) mass is 325 g/mol. The van der Waals surface area contributed by atoms with Crippen molar-refractivity contribution in [3.8, 4) is 5.88 Å². The molecule has 2 atom stereocenters. The fourth-order valence-electron chi connectivity index (χ4n) is 3.31. The van der Waals surface area contributed by atoms with Crippen molar-refractivity contribution in [1.29, 1.82) is 0 Å². The number of hydrogen-bond acceptors (Lipinski definition) is 5. The second-order valence-corrected chi connectivity index (χ2v) is 6.06. The molecule has 0 radical (unpaired) electrons. The maximum absolute atomic E-state index is 12.9. The number of carbonyl (C=O) groups excluding carboxylic acids is 1. The maximum atomic E-state index is 12.9. The molecule has 6 heteroatoms. The van der Waals surface area contributed by atoms with Gasteiger partial charge in [0.25, 0.3) is 5.91 Å². The smallest absolute Gasteiger partial charge is 0.256 e. The molecule has 0 N–H and O–H groups in total. The van der Waals surface area contributed by atoms with E-state index >= 15 is 0 Å². The maximum Gasteiger partial charge on any atom is 0.256 e. The molecule has 3 heterocycles. The Balaban J connectivity index is 1.43. The summed E-state index contributed by atoms with van der Waals surface area (Å²) in [5.74, 6) is 0.517. The van der Waals surface area contributed by atoms with Gasteiger partial charge in [-0.25, -0.2) is 4.98 Å². The van der Waals surface area contributed by atoms with Crippen LogP contribution in [0.15, 0.2) is 42.9 Å². The van der Waals surface area contributed by atoms with Gasteiger partial charge >= 0.3 is 0 Å². The van der Waals surface area contributed by atoms with Gasteiger partial charge in [-0.1, -0.05) is 24.3 Å². The first kappa shape index (κ1) is 15.1. The van der Waals surface area contributed by atoms with Crippen LogP contribution >= 0.6 is 0 Å². The third-order valence-electron chi connectivity index (χ3n) is 4.50. The first-order valence-corrected chi connectivity index (χ1v) is 8.22. The number of hydrogen-bond donors (Lipinski definition) is 0. The molecule has 0 saturated carbocycles. The number of carbonyl (C=O) groups is 1. The molecule has 6 nitrogen and oxygen atoms in total. The van der Waals surface area contributed by atoms with E-state index in [1.165, 1.54) is 5.56 Å². The van der Waals surface area contributed by atoms with Crippen LogP contribution in [0.25, 0.3) is 0 Å². The largest absolute Gasteiger partial charge is 0.471 e. The summed E-state index contributed by atoms with van der Waals surface area (Å²) in [4.78, 5) is 22.8. The third-order valence-corrected chi connectivity index (χ3v) is 4.50. The minimum absolute atomic E-state index is 0.0207. The molecule has 1 aromatic carbocycles. The van der Waals surface area contributed by atoms with Gasteiger partial charge in [0.05, 0.1) is 19.3 Å². The average molecular weight is 325 g/mol. The van der Waals surface area contributed by atoms with E-state index < -0.39 is 6.10 Å². The number of rotatable bonds is 3. The van der Waals surface area contributed by atoms with Gasteiger partial charge in [0.15, 0.2) is 6.10 Å². The fourth-order valence-corrected chi connectivity index (χ4v) is 3.31. The van der Waals surface area contributed by atoms with E-state index in [0.29, 0.717) is 25.6 Å². The Kier molecular flexibility index (Phi) is 4.13. The first-order valence-electron chi connectivity index (χ1n) is 8.22. The standard InChI is InChI=1S/C18H19N3O3/c22-18(17-15-4-2-1-3-13(15)6-10-23-17)21-9-5-14(12-21)24-16-11-19-7-8-20-16/h1-4,7-8,11,14,17H,5-6,9-10,12H2. The summed E-state index contributed by atoms with van der Waals surface area (Å²) in [5, 5.41) is 0. The number of likely N-dealkylation sites (tertiary alicyclic amines) is 1. The molecule has 1 aromatic heterocycles. The summed E-state index contributed by atoms with van der Waals surface area (Å²) in [6.07, 6.45) is 5.89. The molecule has 24 heavy (non-hydrogen) atoms. The van der Waals surface area contributed by atoms with Crippen LogP contribution in [0.5, 0.6) is 5.88 Å². The highest BCUT2D eigenvalue weighted by atomic mass is 16.5. The lowest BCUT2D eigenvalue weighted by Gasteiger charge is -2.28. The summed E-state index contributed by atoms with van der Waals surface area (Å²) in [6, 6.07) is 8.02. The molecule has 2 aliphatic heterocycles. The van der Waals surface area contributed by atoms with E-state index in [1.54, 1.807) is 18.6 Å². The van der Waals surface area contributed by atoms with Crippen LogP contribution in [-0.4, -0.2) is 46.6 Å². The van der Waals surface area contributed by atoms with Gasteiger partial charge in [-0.05, 0) is 17.5 Å². The topological polar surface area (TPSA) is 64.5 Å². The van der Waals surface area contributed by atoms with Crippen LogP contribution in [-0.2, 0) is 16.0 Å². The normalized spacial score (nSPS) is 22.9. The van der Waals surface area contributed by atoms with E-state index in [0.717, 1.165) is 18.4 Å². The van der Waals surface area contributed by atoms with Crippen molar-refractivity contribution in [2.24, 2.45) is 0 Å². The molecule has 0 bridgehead atoms. The Morgan fingerprint density at radius 1 is 1.29 bits per heavy atom. The van der Waals surface area contributed by atoms with Crippen molar-refractivity contribution >= 4 is 5.91 Å². The SMILES string of the molecule is O=C(C1OCCc2ccccc21)N1CCC(Oc2cnccn2)C1. The van der Waals surface area contributed by atoms with E-state index in [4.69, 9.17) is 9.47 Å². The zero-order chi connectivity index (χ0) is 16.4. The molecule has 0 aliphatic carbocycles. The van der Waals surface area contributed by atoms with Crippen LogP contribution in [0.2, 0.25) is 0 Å². The summed E-state index contributed by atoms with van der Waals surface area (Å²) < 4.78 is 11.6. The lowest BCUT2D eigenvalue weighted by molar-refractivity contribution is -0.144. The van der Waals surface area contributed by atoms with Gasteiger partial charge in [0.2, 0.25) is 5.88 Å². The average Bonchev–Trinajstić information content (AvgIpc) is 3.10. The Hall–Kier alpha value is -2.47. The quantitative estimate of drug-likeness (QED) is 0.860. The van der Waals surface area contributed by atoms with Crippen molar-refractivity contribution in [3.05, 3.63) is 54.0 Å². The van der Waals surface area contributed by atoms with Gasteiger partial charge in [0.1, 0.15) is 6.10 Å². The Morgan fingerprint density at radius 2 is 2.21 bits per heavy atom. The van der Waals surface area contributed by atoms with E-state index in [9.17, 15) is 4.79 Å². The summed E-state index contributed by atoms with van der Waals surface area (Å²) in [7, 11) is 0. The van der Waals surface area contributed by atoms with Gasteiger partial charge in [-0.3, -0.25) is 9.78 Å². The Morgan fingerprint density at radius 3 is 3.08 bits per heavy atom. The van der Waals surface area contributed by atoms with Crippen LogP contribution in [0.4, 0.5) is 0 Å². The summed E-state index contributed by atoms with van der Waals surface area (Å²) in [6.45, 7) is 1.81. The Bertz CT molecular complexity index is 722. The Labute approximate surface area is 140 Å². The molecule has 1 amide bonds. The van der Waals surface area contributed by atoms with Crippen molar-refractivity contribution in [2.75, 3.05) is 19.7 Å². The number of fused-ring (bicyclic) bond motifs is 1. The number of nitrogens with zero attached hydrogens (tertiary/aromatic N) is 3. The predicted molar refractivity (Wildman–Crippen MR) is 86.5 cm³/mol. The first-order chi connectivity index (χ1) is 11.8. The molecule has 2 aromatic rings. The molecule has 2 unspecified atom stereocenters. The van der Waals surface area contributed by atoms with Crippen LogP contribution in [0.1, 0.15) is 23.7 Å². The zero-order valence-corrected chi connectivity index (χ0v) is 13.3. The van der Waals surface area contributed by atoms with Crippen molar-refractivity contribution in [2.45, 2.75) is 25.0 Å². The van der Waals surface area contributed by atoms with E-state index in [2.05, 4.69) is 16.0 Å². The van der Waals surface area contributed by atoms with Crippen LogP contribution in [0, 0.1) is 0 Å². The zero-order valence-electron chi connectivity index (χ0n) is 13.3. The van der Waals surface area contributed by atoms with Crippen molar-refractivity contribution < 1.29 is 14.3 Å². The molecule has 4 rings (SSSR count). The number of aromatic nitrogens is 2. The molecular weight excluding hydrogens is 306 g/mol. The number of benzene rings is 1. The second-order valence-electron chi connectivity index (χ2n) is 6.06. The number of amides is 1. The van der Waals surface area contributed by atoms with Crippen LogP contribution < -0.4 is 4.74 Å². The lowest BCUT2D eigenvalue weighted by Crippen LogP contribution is -2.37. The minimum atomic E-state index is -0.495. The molecule has 1 fully saturated rings. The van der Waals surface area contributed by atoms with Gasteiger partial charge in [-0.2, -0.15) is 0 Å². The molecule has 2 aliphatic rings. The second kappa shape index (κ2) is 6.57. The predicted octanol–water partition coefficient (Wildman–Crippen LogP) is 1.77. The highest BCUT2D eigenvalue weighted by Gasteiger charge is 2.35. The summed E-state index contributed by atoms with van der Waals surface area (Å²) >= 11 is 0. The highest BCUT2D eigenvalue weighted by molar-refractivity contribution is 5.83. The van der Waals surface area contributed by atoms with Crippen molar-refractivity contribution in [3.63, 3.8) is 0 Å². The van der Waals surface area contributed by atoms with Gasteiger partial charge < -0.3 is 14.4 Å². The molecular formula is C18H19N3O3. The molecule has 1 saturated heterocycles. The third kappa shape index (κ3) is 2.97. The lowest BCUT2D eigenvalue weighted by atomic mass is 9.97. The fraction of sp³-hybridized carbons (Fsp3) is 0.389. The highest BCUT2D eigenvalue weighted by Crippen LogP contribution is 2.30. The van der Waals surface area contributed by atoms with Gasteiger partial charge in [-0.15, -0.1) is 0 Å². The molecule has 124 valence electrons. The molecule has 0 spiro atoms. The van der Waals surface area contributed by atoms with E-state index in [1.807, 2.05) is 23.1 Å². The van der Waals surface area contributed by atoms with Crippen LogP contribution in [0.3, 0.4) is 0 Å². The van der Waals surface area contributed by atoms with E-state index in [-0.39, 0.29) is 12.0 Å².